The lowest BCUT2D eigenvalue weighted by Gasteiger charge is -2.11. The maximum absolute atomic E-state index is 15.2. The molecule has 0 atom stereocenters. The van der Waals surface area contributed by atoms with Crippen LogP contribution < -0.4 is 4.74 Å². The van der Waals surface area contributed by atoms with E-state index in [0.29, 0.717) is 27.7 Å². The van der Waals surface area contributed by atoms with Crippen molar-refractivity contribution in [3.05, 3.63) is 89.2 Å². The molecule has 0 saturated carbocycles. The highest BCUT2D eigenvalue weighted by Gasteiger charge is 2.32. The number of nitrogens with zero attached hydrogens (tertiary/aromatic N) is 2. The molecule has 8 heteroatoms. The number of halogens is 5. The van der Waals surface area contributed by atoms with Crippen LogP contribution in [0.15, 0.2) is 60.9 Å². The van der Waals surface area contributed by atoms with Gasteiger partial charge in [0.05, 0.1) is 0 Å². The quantitative estimate of drug-likeness (QED) is 0.241. The molecule has 0 fully saturated rings. The van der Waals surface area contributed by atoms with Gasteiger partial charge in [0.15, 0.2) is 17.4 Å². The zero-order valence-corrected chi connectivity index (χ0v) is 19.0. The van der Waals surface area contributed by atoms with Crippen molar-refractivity contribution >= 4 is 10.8 Å². The van der Waals surface area contributed by atoms with Crippen LogP contribution >= 0.6 is 0 Å². The standard InChI is InChI=1S/C27H23F5N2O/c1-2-3-4-18-15-33-26(34-16-18)21-10-11-22-20(14-21)9-8-19(25(22)29)7-5-17-6-12-24(23(28)13-17)35-27(30,31)32/h6,8-16H,2-5,7H2,1H3. The smallest absolute Gasteiger partial charge is 0.403 e. The molecule has 4 rings (SSSR count). The second-order valence-electron chi connectivity index (χ2n) is 8.31. The van der Waals surface area contributed by atoms with E-state index in [1.165, 1.54) is 6.07 Å². The normalized spacial score (nSPS) is 11.7. The Morgan fingerprint density at radius 2 is 1.60 bits per heavy atom. The number of aromatic nitrogens is 2. The largest absolute Gasteiger partial charge is 0.573 e. The molecule has 0 aliphatic heterocycles. The van der Waals surface area contributed by atoms with Crippen LogP contribution in [0.5, 0.6) is 5.75 Å². The van der Waals surface area contributed by atoms with Gasteiger partial charge in [-0.1, -0.05) is 43.7 Å². The van der Waals surface area contributed by atoms with Crippen molar-refractivity contribution in [1.82, 2.24) is 9.97 Å². The number of alkyl halides is 3. The highest BCUT2D eigenvalue weighted by molar-refractivity contribution is 5.87. The first-order valence-corrected chi connectivity index (χ1v) is 11.3. The minimum atomic E-state index is -4.97. The van der Waals surface area contributed by atoms with Crippen molar-refractivity contribution in [2.75, 3.05) is 0 Å². The van der Waals surface area contributed by atoms with Crippen LogP contribution in [0.2, 0.25) is 0 Å². The molecule has 1 aromatic heterocycles. The third kappa shape index (κ3) is 6.12. The van der Waals surface area contributed by atoms with E-state index in [0.717, 1.165) is 42.5 Å². The molecule has 0 spiro atoms. The molecular formula is C27H23F5N2O. The summed E-state index contributed by atoms with van der Waals surface area (Å²) in [5.41, 5.74) is 2.72. The van der Waals surface area contributed by atoms with Gasteiger partial charge in [0, 0.05) is 23.3 Å². The molecule has 0 aliphatic carbocycles. The molecule has 3 nitrogen and oxygen atoms in total. The summed E-state index contributed by atoms with van der Waals surface area (Å²) < 4.78 is 69.6. The minimum absolute atomic E-state index is 0.252. The molecule has 0 saturated heterocycles. The molecule has 182 valence electrons. The van der Waals surface area contributed by atoms with Crippen LogP contribution in [-0.2, 0) is 19.3 Å². The van der Waals surface area contributed by atoms with Gasteiger partial charge < -0.3 is 4.74 Å². The molecule has 0 aliphatic rings. The van der Waals surface area contributed by atoms with E-state index in [2.05, 4.69) is 21.6 Å². The first-order chi connectivity index (χ1) is 16.7. The maximum Gasteiger partial charge on any atom is 0.573 e. The van der Waals surface area contributed by atoms with E-state index < -0.39 is 17.9 Å². The minimum Gasteiger partial charge on any atom is -0.403 e. The third-order valence-electron chi connectivity index (χ3n) is 5.72. The van der Waals surface area contributed by atoms with Crippen LogP contribution in [0.4, 0.5) is 22.0 Å². The predicted molar refractivity (Wildman–Crippen MR) is 124 cm³/mol. The number of aryl methyl sites for hydroxylation is 3. The molecule has 35 heavy (non-hydrogen) atoms. The summed E-state index contributed by atoms with van der Waals surface area (Å²) in [6.07, 6.45) is 2.27. The SMILES string of the molecule is CCCCc1cnc(-c2ccc3c(F)c(CCc4ccc(OC(F)(F)F)c(F)c4)ccc3c2)nc1. The first kappa shape index (κ1) is 24.6. The van der Waals surface area contributed by atoms with E-state index in [1.807, 2.05) is 18.5 Å². The van der Waals surface area contributed by atoms with Gasteiger partial charge in [-0.15, -0.1) is 13.2 Å². The number of unbranched alkanes of at least 4 members (excludes halogenated alkanes) is 1. The van der Waals surface area contributed by atoms with Crippen LogP contribution in [0.1, 0.15) is 36.5 Å². The Morgan fingerprint density at radius 3 is 2.29 bits per heavy atom. The van der Waals surface area contributed by atoms with Crippen LogP contribution in [0.3, 0.4) is 0 Å². The zero-order chi connectivity index (χ0) is 25.0. The second-order valence-corrected chi connectivity index (χ2v) is 8.31. The summed E-state index contributed by atoms with van der Waals surface area (Å²) in [5.74, 6) is -1.83. The third-order valence-corrected chi connectivity index (χ3v) is 5.72. The molecule has 4 aromatic rings. The van der Waals surface area contributed by atoms with Crippen molar-refractivity contribution < 1.29 is 26.7 Å². The fourth-order valence-corrected chi connectivity index (χ4v) is 3.87. The molecule has 0 amide bonds. The van der Waals surface area contributed by atoms with Crippen LogP contribution in [0.25, 0.3) is 22.2 Å². The fraction of sp³-hybridized carbons (Fsp3) is 0.259. The molecule has 1 heterocycles. The van der Waals surface area contributed by atoms with Crippen molar-refractivity contribution in [1.29, 1.82) is 0 Å². The number of fused-ring (bicyclic) bond motifs is 1. The summed E-state index contributed by atoms with van der Waals surface area (Å²) >= 11 is 0. The number of benzene rings is 3. The molecule has 3 aromatic carbocycles. The topological polar surface area (TPSA) is 35.0 Å². The van der Waals surface area contributed by atoms with E-state index in [9.17, 15) is 17.6 Å². The lowest BCUT2D eigenvalue weighted by molar-refractivity contribution is -0.275. The summed E-state index contributed by atoms with van der Waals surface area (Å²) in [5, 5.41) is 1.13. The summed E-state index contributed by atoms with van der Waals surface area (Å²) in [6, 6.07) is 12.0. The summed E-state index contributed by atoms with van der Waals surface area (Å²) in [4.78, 5) is 8.88. The Labute approximate surface area is 199 Å². The number of ether oxygens (including phenoxy) is 1. The van der Waals surface area contributed by atoms with Crippen molar-refractivity contribution in [3.63, 3.8) is 0 Å². The van der Waals surface area contributed by atoms with Gasteiger partial charge in [-0.05, 0) is 66.0 Å². The number of hydrogen-bond acceptors (Lipinski definition) is 3. The van der Waals surface area contributed by atoms with Crippen molar-refractivity contribution in [3.8, 4) is 17.1 Å². The Morgan fingerprint density at radius 1 is 0.829 bits per heavy atom. The predicted octanol–water partition coefficient (Wildman–Crippen LogP) is 7.60. The Hall–Kier alpha value is -3.55. The number of rotatable bonds is 8. The number of hydrogen-bond donors (Lipinski definition) is 0. The molecule has 0 unspecified atom stereocenters. The van der Waals surface area contributed by atoms with Gasteiger partial charge in [-0.3, -0.25) is 0 Å². The average Bonchev–Trinajstić information content (AvgIpc) is 2.83. The zero-order valence-electron chi connectivity index (χ0n) is 19.0. The Bertz CT molecular complexity index is 1320. The highest BCUT2D eigenvalue weighted by Crippen LogP contribution is 2.28. The van der Waals surface area contributed by atoms with Crippen molar-refractivity contribution in [2.45, 2.75) is 45.4 Å². The molecule has 0 N–H and O–H groups in total. The average molecular weight is 486 g/mol. The Kier molecular flexibility index (Phi) is 7.28. The summed E-state index contributed by atoms with van der Waals surface area (Å²) in [7, 11) is 0. The molecular weight excluding hydrogens is 463 g/mol. The fourth-order valence-electron chi connectivity index (χ4n) is 3.87. The monoisotopic (exact) mass is 486 g/mol. The van der Waals surface area contributed by atoms with Gasteiger partial charge in [0.25, 0.3) is 0 Å². The first-order valence-electron chi connectivity index (χ1n) is 11.3. The van der Waals surface area contributed by atoms with E-state index in [4.69, 9.17) is 0 Å². The van der Waals surface area contributed by atoms with E-state index >= 15 is 4.39 Å². The van der Waals surface area contributed by atoms with Gasteiger partial charge >= 0.3 is 6.36 Å². The molecule has 0 radical (unpaired) electrons. The van der Waals surface area contributed by atoms with Crippen LogP contribution in [0, 0.1) is 11.6 Å². The van der Waals surface area contributed by atoms with Crippen molar-refractivity contribution in [2.24, 2.45) is 0 Å². The van der Waals surface area contributed by atoms with Crippen LogP contribution in [-0.4, -0.2) is 16.3 Å². The van der Waals surface area contributed by atoms with Gasteiger partial charge in [0.2, 0.25) is 0 Å². The second kappa shape index (κ2) is 10.4. The van der Waals surface area contributed by atoms with Gasteiger partial charge in [0.1, 0.15) is 5.82 Å². The van der Waals surface area contributed by atoms with Gasteiger partial charge in [-0.25, -0.2) is 18.7 Å². The maximum atomic E-state index is 15.2. The molecule has 0 bridgehead atoms. The Balaban J connectivity index is 1.48. The highest BCUT2D eigenvalue weighted by atomic mass is 19.4. The lowest BCUT2D eigenvalue weighted by atomic mass is 9.99. The van der Waals surface area contributed by atoms with E-state index in [1.54, 1.807) is 24.3 Å². The van der Waals surface area contributed by atoms with Gasteiger partial charge in [-0.2, -0.15) is 0 Å². The van der Waals surface area contributed by atoms with E-state index in [-0.39, 0.29) is 18.7 Å². The summed E-state index contributed by atoms with van der Waals surface area (Å²) in [6.45, 7) is 2.13. The lowest BCUT2D eigenvalue weighted by Crippen LogP contribution is -2.18.